The standard InChI is InChI=1S/C20H20BF2N3/c1-15-13-19(11-8-16-6-9-17(10-7-16)24(2)3)26-20(15)14-18-5-4-12-25(18)21(26,22)23/h4-14H,1-3H3/b11-8+. The molecule has 1 aromatic heterocycles. The summed E-state index contributed by atoms with van der Waals surface area (Å²) in [6, 6.07) is 9.81. The first-order chi connectivity index (χ1) is 12.4. The Kier molecular flexibility index (Phi) is 3.72. The maximum atomic E-state index is 15.1. The van der Waals surface area contributed by atoms with Gasteiger partial charge in [0, 0.05) is 49.4 Å². The maximum absolute atomic E-state index is 15.1. The lowest BCUT2D eigenvalue weighted by atomic mass is 9.91. The van der Waals surface area contributed by atoms with E-state index >= 15 is 8.63 Å². The molecule has 26 heavy (non-hydrogen) atoms. The molecule has 0 saturated heterocycles. The summed E-state index contributed by atoms with van der Waals surface area (Å²) >= 11 is 0. The Morgan fingerprint density at radius 1 is 1.12 bits per heavy atom. The van der Waals surface area contributed by atoms with Gasteiger partial charge in [0.15, 0.2) is 5.70 Å². The summed E-state index contributed by atoms with van der Waals surface area (Å²) in [5.74, 6) is 0. The fourth-order valence-electron chi connectivity index (χ4n) is 3.49. The summed E-state index contributed by atoms with van der Waals surface area (Å²) in [6.07, 6.45) is 10.3. The molecule has 0 bridgehead atoms. The molecule has 2 aliphatic heterocycles. The van der Waals surface area contributed by atoms with Gasteiger partial charge in [0.2, 0.25) is 0 Å². The molecule has 0 aliphatic carbocycles. The second-order valence-corrected chi connectivity index (χ2v) is 6.90. The molecule has 1 aromatic carbocycles. The van der Waals surface area contributed by atoms with E-state index < -0.39 is 6.97 Å². The van der Waals surface area contributed by atoms with Gasteiger partial charge in [0.05, 0.1) is 0 Å². The number of benzene rings is 1. The highest BCUT2D eigenvalue weighted by Crippen LogP contribution is 2.33. The third kappa shape index (κ3) is 2.53. The average molecular weight is 351 g/mol. The molecule has 3 heterocycles. The zero-order chi connectivity index (χ0) is 18.5. The Hall–Kier alpha value is -2.89. The van der Waals surface area contributed by atoms with Crippen LogP contribution in [0.15, 0.2) is 48.2 Å². The normalized spacial score (nSPS) is 17.1. The first kappa shape index (κ1) is 16.6. The van der Waals surface area contributed by atoms with Gasteiger partial charge < -0.3 is 22.5 Å². The summed E-state index contributed by atoms with van der Waals surface area (Å²) < 4.78 is 32.4. The van der Waals surface area contributed by atoms with Crippen LogP contribution in [-0.2, 0) is 0 Å². The number of allylic oxidation sites excluding steroid dienone is 2. The number of nitrogens with zero attached hydrogens (tertiary/aromatic N) is 3. The van der Waals surface area contributed by atoms with Gasteiger partial charge in [0.25, 0.3) is 0 Å². The Morgan fingerprint density at radius 2 is 1.85 bits per heavy atom. The van der Waals surface area contributed by atoms with Gasteiger partial charge >= 0.3 is 6.97 Å². The highest BCUT2D eigenvalue weighted by atomic mass is 19.2. The van der Waals surface area contributed by atoms with Crippen molar-refractivity contribution in [2.75, 3.05) is 19.0 Å². The number of hydrogen-bond donors (Lipinski definition) is 0. The quantitative estimate of drug-likeness (QED) is 0.752. The van der Waals surface area contributed by atoms with Gasteiger partial charge in [-0.3, -0.25) is 0 Å². The Labute approximate surface area is 151 Å². The second-order valence-electron chi connectivity index (χ2n) is 6.90. The van der Waals surface area contributed by atoms with Gasteiger partial charge in [-0.05, 0) is 42.3 Å². The van der Waals surface area contributed by atoms with Crippen molar-refractivity contribution in [3.8, 4) is 0 Å². The van der Waals surface area contributed by atoms with Crippen molar-refractivity contribution >= 4 is 37.1 Å². The van der Waals surface area contributed by atoms with Gasteiger partial charge in [-0.25, -0.2) is 0 Å². The molecule has 0 saturated carbocycles. The molecular formula is C20H20BF2N3. The van der Waals surface area contributed by atoms with Crippen molar-refractivity contribution < 1.29 is 13.1 Å². The molecule has 4 rings (SSSR count). The van der Waals surface area contributed by atoms with Crippen LogP contribution in [0.4, 0.5) is 14.3 Å². The predicted octanol–water partition coefficient (Wildman–Crippen LogP) is 4.26. The van der Waals surface area contributed by atoms with Crippen molar-refractivity contribution in [2.45, 2.75) is 6.92 Å². The van der Waals surface area contributed by atoms with E-state index in [0.29, 0.717) is 17.1 Å². The number of hydrogen-bond acceptors (Lipinski definition) is 1. The lowest BCUT2D eigenvalue weighted by Gasteiger charge is -2.29. The molecule has 3 nitrogen and oxygen atoms in total. The first-order valence-electron chi connectivity index (χ1n) is 8.59. The van der Waals surface area contributed by atoms with Crippen LogP contribution >= 0.6 is 0 Å². The molecule has 2 aromatic rings. The molecule has 0 N–H and O–H groups in total. The van der Waals surface area contributed by atoms with E-state index in [1.54, 1.807) is 18.2 Å². The van der Waals surface area contributed by atoms with E-state index in [9.17, 15) is 0 Å². The Morgan fingerprint density at radius 3 is 2.54 bits per heavy atom. The number of halogens is 2. The van der Waals surface area contributed by atoms with Crippen LogP contribution in [0.1, 0.15) is 22.5 Å². The summed E-state index contributed by atoms with van der Waals surface area (Å²) in [6.45, 7) is -2.02. The summed E-state index contributed by atoms with van der Waals surface area (Å²) in [5.41, 5.74) is 4.54. The number of aryl methyl sites for hydroxylation is 1. The van der Waals surface area contributed by atoms with E-state index in [2.05, 4.69) is 0 Å². The van der Waals surface area contributed by atoms with Gasteiger partial charge in [-0.2, -0.15) is 0 Å². The smallest absolute Gasteiger partial charge is 0.390 e. The third-order valence-corrected chi connectivity index (χ3v) is 4.90. The van der Waals surface area contributed by atoms with Crippen LogP contribution in [0.2, 0.25) is 0 Å². The van der Waals surface area contributed by atoms with Crippen molar-refractivity contribution in [1.29, 1.82) is 0 Å². The topological polar surface area (TPSA) is 11.2 Å². The van der Waals surface area contributed by atoms with E-state index in [-0.39, 0.29) is 0 Å². The average Bonchev–Trinajstić information content (AvgIpc) is 3.20. The van der Waals surface area contributed by atoms with Gasteiger partial charge in [-0.15, -0.1) is 0 Å². The number of rotatable bonds is 3. The molecule has 132 valence electrons. The maximum Gasteiger partial charge on any atom is 0.737 e. The van der Waals surface area contributed by atoms with Gasteiger partial charge in [-0.1, -0.05) is 18.2 Å². The molecule has 0 radical (unpaired) electrons. The van der Waals surface area contributed by atoms with E-state index in [1.807, 2.05) is 68.4 Å². The number of anilines is 1. The van der Waals surface area contributed by atoms with Crippen LogP contribution < -0.4 is 4.90 Å². The first-order valence-corrected chi connectivity index (χ1v) is 8.59. The Bertz CT molecular complexity index is 993. The van der Waals surface area contributed by atoms with Crippen molar-refractivity contribution in [3.05, 3.63) is 70.7 Å². The fourth-order valence-corrected chi connectivity index (χ4v) is 3.49. The molecule has 0 fully saturated rings. The molecule has 6 heteroatoms. The predicted molar refractivity (Wildman–Crippen MR) is 106 cm³/mol. The van der Waals surface area contributed by atoms with Crippen molar-refractivity contribution in [1.82, 2.24) is 4.48 Å². The van der Waals surface area contributed by atoms with Crippen LogP contribution in [0.25, 0.3) is 18.2 Å². The summed E-state index contributed by atoms with van der Waals surface area (Å²) in [7, 11) is 3.97. The SMILES string of the molecule is Cc1cc(/C=C/c2ccc(N(C)C)cc2)n2c1C=C1C=CC=[N+]1[B-]2(F)F. The lowest BCUT2D eigenvalue weighted by Crippen LogP contribution is -2.49. The zero-order valence-electron chi connectivity index (χ0n) is 15.0. The third-order valence-electron chi connectivity index (χ3n) is 4.90. The highest BCUT2D eigenvalue weighted by molar-refractivity contribution is 6.58. The fraction of sp³-hybridized carbons (Fsp3) is 0.150. The largest absolute Gasteiger partial charge is 0.737 e. The van der Waals surface area contributed by atoms with Crippen LogP contribution in [0, 0.1) is 6.92 Å². The Balaban J connectivity index is 1.73. The molecule has 2 aliphatic rings. The number of fused-ring (bicyclic) bond motifs is 2. The highest BCUT2D eigenvalue weighted by Gasteiger charge is 2.50. The van der Waals surface area contributed by atoms with E-state index in [4.69, 9.17) is 0 Å². The summed E-state index contributed by atoms with van der Waals surface area (Å²) in [4.78, 5) is 2.02. The summed E-state index contributed by atoms with van der Waals surface area (Å²) in [5, 5.41) is 0. The lowest BCUT2D eigenvalue weighted by molar-refractivity contribution is -0.355. The van der Waals surface area contributed by atoms with E-state index in [0.717, 1.165) is 25.8 Å². The zero-order valence-corrected chi connectivity index (χ0v) is 15.0. The minimum atomic E-state index is -3.89. The monoisotopic (exact) mass is 351 g/mol. The van der Waals surface area contributed by atoms with Gasteiger partial charge in [0.1, 0.15) is 6.21 Å². The molecule has 0 atom stereocenters. The van der Waals surface area contributed by atoms with Crippen molar-refractivity contribution in [3.63, 3.8) is 0 Å². The molecule has 0 spiro atoms. The second kappa shape index (κ2) is 5.83. The molecule has 0 unspecified atom stereocenters. The molecule has 0 amide bonds. The van der Waals surface area contributed by atoms with Crippen LogP contribution in [0.5, 0.6) is 0 Å². The minimum Gasteiger partial charge on any atom is -0.390 e. The minimum absolute atomic E-state index is 0.509. The molecular weight excluding hydrogens is 331 g/mol. The van der Waals surface area contributed by atoms with Crippen LogP contribution in [-0.4, -0.2) is 36.2 Å². The van der Waals surface area contributed by atoms with Crippen molar-refractivity contribution in [2.24, 2.45) is 0 Å². The van der Waals surface area contributed by atoms with Crippen LogP contribution in [0.3, 0.4) is 0 Å². The van der Waals surface area contributed by atoms with E-state index in [1.165, 1.54) is 6.21 Å². The number of aromatic nitrogens is 1.